The Hall–Kier alpha value is -2.42. The van der Waals surface area contributed by atoms with E-state index < -0.39 is 23.8 Å². The third-order valence-electron chi connectivity index (χ3n) is 2.09. The Labute approximate surface area is 120 Å². The average Bonchev–Trinajstić information content (AvgIpc) is 2.31. The van der Waals surface area contributed by atoms with Crippen LogP contribution < -0.4 is 10.6 Å². The van der Waals surface area contributed by atoms with Gasteiger partial charge in [0.15, 0.2) is 0 Å². The van der Waals surface area contributed by atoms with Gasteiger partial charge in [-0.05, 0) is 28.1 Å². The van der Waals surface area contributed by atoms with Crippen LogP contribution in [0.15, 0.2) is 16.6 Å². The van der Waals surface area contributed by atoms with E-state index in [-0.39, 0.29) is 21.4 Å². The molecule has 0 spiro atoms. The van der Waals surface area contributed by atoms with E-state index in [0.717, 1.165) is 12.1 Å². The Morgan fingerprint density at radius 2 is 1.65 bits per heavy atom. The molecule has 0 saturated carbocycles. The molecule has 1 aromatic carbocycles. The van der Waals surface area contributed by atoms with E-state index >= 15 is 0 Å². The van der Waals surface area contributed by atoms with Crippen LogP contribution in [0.3, 0.4) is 0 Å². The van der Waals surface area contributed by atoms with Crippen LogP contribution in [0.5, 0.6) is 0 Å². The van der Waals surface area contributed by atoms with Crippen molar-refractivity contribution < 1.29 is 29.4 Å². The average molecular weight is 345 g/mol. The SMILES string of the molecule is CC(=O)Nc1cc(NC(=O)C(=O)O)c(C(=O)O)cc1Br. The summed E-state index contributed by atoms with van der Waals surface area (Å²) in [6.45, 7) is 1.24. The number of hydrogen-bond donors (Lipinski definition) is 4. The summed E-state index contributed by atoms with van der Waals surface area (Å²) in [6.07, 6.45) is 0. The number of carboxylic acid groups (broad SMARTS) is 2. The fourth-order valence-electron chi connectivity index (χ4n) is 1.31. The molecule has 0 aromatic heterocycles. The Kier molecular flexibility index (Phi) is 4.81. The number of carbonyl (C=O) groups is 4. The monoisotopic (exact) mass is 344 g/mol. The molecule has 0 radical (unpaired) electrons. The largest absolute Gasteiger partial charge is 0.478 e. The lowest BCUT2D eigenvalue weighted by Crippen LogP contribution is -2.23. The second-order valence-corrected chi connectivity index (χ2v) is 4.48. The number of benzene rings is 1. The van der Waals surface area contributed by atoms with E-state index in [1.54, 1.807) is 0 Å². The van der Waals surface area contributed by atoms with Gasteiger partial charge in [0, 0.05) is 11.4 Å². The van der Waals surface area contributed by atoms with Gasteiger partial charge in [-0.2, -0.15) is 0 Å². The molecule has 8 nitrogen and oxygen atoms in total. The zero-order valence-corrected chi connectivity index (χ0v) is 11.6. The Balaban J connectivity index is 3.30. The van der Waals surface area contributed by atoms with Crippen LogP contribution in [0.1, 0.15) is 17.3 Å². The van der Waals surface area contributed by atoms with E-state index in [2.05, 4.69) is 21.2 Å². The van der Waals surface area contributed by atoms with Crippen LogP contribution >= 0.6 is 15.9 Å². The molecule has 1 rings (SSSR count). The molecule has 0 atom stereocenters. The molecule has 0 saturated heterocycles. The lowest BCUT2D eigenvalue weighted by Gasteiger charge is -2.11. The molecule has 20 heavy (non-hydrogen) atoms. The normalized spacial score (nSPS) is 9.70. The van der Waals surface area contributed by atoms with Gasteiger partial charge in [0.2, 0.25) is 5.91 Å². The van der Waals surface area contributed by atoms with Gasteiger partial charge < -0.3 is 20.8 Å². The molecule has 0 aliphatic rings. The molecule has 9 heteroatoms. The maximum absolute atomic E-state index is 11.1. The first kappa shape index (κ1) is 15.6. The molecule has 106 valence electrons. The zero-order chi connectivity index (χ0) is 15.4. The minimum absolute atomic E-state index is 0.197. The Bertz CT molecular complexity index is 613. The van der Waals surface area contributed by atoms with Gasteiger partial charge in [0.05, 0.1) is 16.9 Å². The topological polar surface area (TPSA) is 133 Å². The maximum atomic E-state index is 11.1. The minimum atomic E-state index is -1.76. The van der Waals surface area contributed by atoms with Crippen molar-refractivity contribution in [3.05, 3.63) is 22.2 Å². The van der Waals surface area contributed by atoms with Crippen molar-refractivity contribution in [3.8, 4) is 0 Å². The van der Waals surface area contributed by atoms with Crippen molar-refractivity contribution in [2.45, 2.75) is 6.92 Å². The van der Waals surface area contributed by atoms with Crippen molar-refractivity contribution in [2.75, 3.05) is 10.6 Å². The number of aromatic carboxylic acids is 1. The molecule has 1 aromatic rings. The maximum Gasteiger partial charge on any atom is 0.394 e. The summed E-state index contributed by atoms with van der Waals surface area (Å²) in [5.41, 5.74) is -0.361. The fraction of sp³-hybridized carbons (Fsp3) is 0.0909. The number of carboxylic acids is 2. The van der Waals surface area contributed by atoms with Crippen molar-refractivity contribution in [1.29, 1.82) is 0 Å². The highest BCUT2D eigenvalue weighted by molar-refractivity contribution is 9.10. The number of nitrogens with one attached hydrogen (secondary N) is 2. The smallest absolute Gasteiger partial charge is 0.394 e. The molecular formula is C11H9BrN2O6. The summed E-state index contributed by atoms with van der Waals surface area (Å²) in [6, 6.07) is 2.29. The van der Waals surface area contributed by atoms with Gasteiger partial charge in [0.1, 0.15) is 0 Å². The highest BCUT2D eigenvalue weighted by atomic mass is 79.9. The summed E-state index contributed by atoms with van der Waals surface area (Å²) < 4.78 is 0.276. The molecule has 2 amide bonds. The lowest BCUT2D eigenvalue weighted by atomic mass is 10.1. The predicted octanol–water partition coefficient (Wildman–Crippen LogP) is 1.13. The first-order chi connectivity index (χ1) is 9.22. The van der Waals surface area contributed by atoms with Gasteiger partial charge in [-0.15, -0.1) is 0 Å². The number of amides is 2. The predicted molar refractivity (Wildman–Crippen MR) is 71.7 cm³/mol. The molecular weight excluding hydrogens is 336 g/mol. The molecule has 0 bridgehead atoms. The second kappa shape index (κ2) is 6.15. The van der Waals surface area contributed by atoms with E-state index in [9.17, 15) is 19.2 Å². The molecule has 4 N–H and O–H groups in total. The standard InChI is InChI=1S/C11H9BrN2O6/c1-4(15)13-8-3-7(14-9(16)11(19)20)5(10(17)18)2-6(8)12/h2-3H,1H3,(H,13,15)(H,14,16)(H,17,18)(H,19,20). The second-order valence-electron chi connectivity index (χ2n) is 3.62. The first-order valence-electron chi connectivity index (χ1n) is 5.11. The van der Waals surface area contributed by atoms with E-state index in [1.807, 2.05) is 5.32 Å². The first-order valence-corrected chi connectivity index (χ1v) is 5.90. The Morgan fingerprint density at radius 3 is 2.10 bits per heavy atom. The van der Waals surface area contributed by atoms with Crippen LogP contribution in [0, 0.1) is 0 Å². The van der Waals surface area contributed by atoms with Gasteiger partial charge in [0.25, 0.3) is 0 Å². The summed E-state index contributed by atoms with van der Waals surface area (Å²) in [4.78, 5) is 43.6. The number of hydrogen-bond acceptors (Lipinski definition) is 4. The molecule has 0 heterocycles. The summed E-state index contributed by atoms with van der Waals surface area (Å²) >= 11 is 3.07. The van der Waals surface area contributed by atoms with Crippen molar-refractivity contribution in [1.82, 2.24) is 0 Å². The fourth-order valence-corrected chi connectivity index (χ4v) is 1.76. The van der Waals surface area contributed by atoms with Gasteiger partial charge >= 0.3 is 17.8 Å². The number of anilines is 2. The highest BCUT2D eigenvalue weighted by Gasteiger charge is 2.19. The van der Waals surface area contributed by atoms with E-state index in [4.69, 9.17) is 10.2 Å². The number of rotatable bonds is 3. The zero-order valence-electron chi connectivity index (χ0n) is 10.1. The highest BCUT2D eigenvalue weighted by Crippen LogP contribution is 2.30. The minimum Gasteiger partial charge on any atom is -0.478 e. The number of aliphatic carboxylic acids is 1. The molecule has 0 fully saturated rings. The van der Waals surface area contributed by atoms with Crippen molar-refractivity contribution in [3.63, 3.8) is 0 Å². The summed E-state index contributed by atoms with van der Waals surface area (Å²) in [5.74, 6) is -4.92. The third-order valence-corrected chi connectivity index (χ3v) is 2.75. The van der Waals surface area contributed by atoms with Crippen molar-refractivity contribution >= 4 is 51.1 Å². The quantitative estimate of drug-likeness (QED) is 0.607. The van der Waals surface area contributed by atoms with Gasteiger partial charge in [-0.25, -0.2) is 9.59 Å². The van der Waals surface area contributed by atoms with Crippen molar-refractivity contribution in [2.24, 2.45) is 0 Å². The van der Waals surface area contributed by atoms with Crippen LogP contribution in [0.2, 0.25) is 0 Å². The number of carbonyl (C=O) groups excluding carboxylic acids is 2. The lowest BCUT2D eigenvalue weighted by molar-refractivity contribution is -0.147. The third kappa shape index (κ3) is 3.79. The van der Waals surface area contributed by atoms with Crippen LogP contribution in [-0.4, -0.2) is 34.0 Å². The van der Waals surface area contributed by atoms with Gasteiger partial charge in [-0.1, -0.05) is 0 Å². The summed E-state index contributed by atoms with van der Waals surface area (Å²) in [5, 5.41) is 21.9. The van der Waals surface area contributed by atoms with E-state index in [1.165, 1.54) is 6.92 Å². The summed E-state index contributed by atoms with van der Waals surface area (Å²) in [7, 11) is 0. The number of halogens is 1. The van der Waals surface area contributed by atoms with E-state index in [0.29, 0.717) is 0 Å². The van der Waals surface area contributed by atoms with Gasteiger partial charge in [-0.3, -0.25) is 9.59 Å². The molecule has 0 unspecified atom stereocenters. The Morgan fingerprint density at radius 1 is 1.05 bits per heavy atom. The van der Waals surface area contributed by atoms with Crippen LogP contribution in [-0.2, 0) is 14.4 Å². The van der Waals surface area contributed by atoms with Crippen LogP contribution in [0.25, 0.3) is 0 Å². The molecule has 0 aliphatic heterocycles. The molecule has 0 aliphatic carbocycles. The van der Waals surface area contributed by atoms with Crippen LogP contribution in [0.4, 0.5) is 11.4 Å².